The van der Waals surface area contributed by atoms with Crippen molar-refractivity contribution in [2.45, 2.75) is 123 Å². The van der Waals surface area contributed by atoms with Crippen LogP contribution in [0.5, 0.6) is 0 Å². The van der Waals surface area contributed by atoms with Crippen LogP contribution in [0.2, 0.25) is 0 Å². The molecule has 2 aliphatic rings. The molecule has 0 bridgehead atoms. The molecule has 0 saturated carbocycles. The van der Waals surface area contributed by atoms with E-state index in [0.717, 1.165) is 0 Å². The number of cyclic esters (lactones) is 1. The van der Waals surface area contributed by atoms with Crippen molar-refractivity contribution in [3.63, 3.8) is 0 Å². The first-order valence-electron chi connectivity index (χ1n) is 13.9. The minimum Gasteiger partial charge on any atom is -0.462 e. The second-order valence-electron chi connectivity index (χ2n) is 11.9. The van der Waals surface area contributed by atoms with Crippen molar-refractivity contribution in [2.75, 3.05) is 14.1 Å². The highest BCUT2D eigenvalue weighted by Crippen LogP contribution is 2.34. The van der Waals surface area contributed by atoms with Gasteiger partial charge in [-0.2, -0.15) is 0 Å². The van der Waals surface area contributed by atoms with Crippen LogP contribution in [0, 0.1) is 29.6 Å². The summed E-state index contributed by atoms with van der Waals surface area (Å²) in [5.41, 5.74) is 0. The monoisotopic (exact) mass is 529 g/mol. The van der Waals surface area contributed by atoms with Crippen LogP contribution in [-0.4, -0.2) is 95.0 Å². The second-order valence-corrected chi connectivity index (χ2v) is 11.9. The maximum absolute atomic E-state index is 13.3. The minimum atomic E-state index is -1.06. The molecule has 2 fully saturated rings. The average Bonchev–Trinajstić information content (AvgIpc) is 2.84. The molecule has 0 amide bonds. The molecule has 4 unspecified atom stereocenters. The van der Waals surface area contributed by atoms with Crippen molar-refractivity contribution in [2.24, 2.45) is 29.6 Å². The van der Waals surface area contributed by atoms with Gasteiger partial charge in [-0.05, 0) is 46.2 Å². The largest absolute Gasteiger partial charge is 0.462 e. The van der Waals surface area contributed by atoms with Crippen molar-refractivity contribution in [3.8, 4) is 0 Å². The smallest absolute Gasteiger partial charge is 0.308 e. The minimum absolute atomic E-state index is 0.0633. The molecule has 3 N–H and O–H groups in total. The number of carbonyl (C=O) groups excluding carboxylic acids is 2. The summed E-state index contributed by atoms with van der Waals surface area (Å²) < 4.78 is 18.1. The van der Waals surface area contributed by atoms with Gasteiger partial charge in [0.05, 0.1) is 30.8 Å². The van der Waals surface area contributed by atoms with Crippen molar-refractivity contribution >= 4 is 11.8 Å². The number of carbonyl (C=O) groups is 2. The first kappa shape index (κ1) is 32.1. The Morgan fingerprint density at radius 3 is 2.14 bits per heavy atom. The van der Waals surface area contributed by atoms with E-state index in [9.17, 15) is 24.9 Å². The average molecular weight is 530 g/mol. The van der Waals surface area contributed by atoms with Gasteiger partial charge in [-0.3, -0.25) is 9.59 Å². The van der Waals surface area contributed by atoms with Crippen LogP contribution in [0.4, 0.5) is 0 Å². The highest BCUT2D eigenvalue weighted by molar-refractivity contribution is 5.83. The fourth-order valence-electron chi connectivity index (χ4n) is 6.04. The summed E-state index contributed by atoms with van der Waals surface area (Å²) in [4.78, 5) is 28.0. The second kappa shape index (κ2) is 13.8. The number of nitrogens with zero attached hydrogens (tertiary/aromatic N) is 1. The summed E-state index contributed by atoms with van der Waals surface area (Å²) in [5, 5.41) is 33.0. The predicted molar refractivity (Wildman–Crippen MR) is 140 cm³/mol. The third kappa shape index (κ3) is 7.96. The number of ether oxygens (including phenoxy) is 3. The molecule has 2 heterocycles. The summed E-state index contributed by atoms with van der Waals surface area (Å²) in [6.07, 6.45) is -3.77. The molecule has 9 heteroatoms. The molecule has 37 heavy (non-hydrogen) atoms. The molecule has 2 saturated heterocycles. The fourth-order valence-corrected chi connectivity index (χ4v) is 6.04. The number of esters is 1. The third-order valence-corrected chi connectivity index (χ3v) is 8.61. The highest BCUT2D eigenvalue weighted by Gasteiger charge is 2.43. The Morgan fingerprint density at radius 1 is 0.946 bits per heavy atom. The van der Waals surface area contributed by atoms with Crippen LogP contribution in [0.1, 0.15) is 74.1 Å². The van der Waals surface area contributed by atoms with E-state index >= 15 is 0 Å². The van der Waals surface area contributed by atoms with E-state index < -0.39 is 60.5 Å². The molecule has 0 spiro atoms. The van der Waals surface area contributed by atoms with Crippen LogP contribution in [0.3, 0.4) is 0 Å². The molecular formula is C28H51NO8. The Kier molecular flexibility index (Phi) is 12.0. The van der Waals surface area contributed by atoms with Gasteiger partial charge in [-0.25, -0.2) is 0 Å². The normalized spacial score (nSPS) is 45.4. The number of hydrogen-bond acceptors (Lipinski definition) is 9. The molecule has 13 atom stereocenters. The Balaban J connectivity index is 2.37. The third-order valence-electron chi connectivity index (χ3n) is 8.61. The van der Waals surface area contributed by atoms with Gasteiger partial charge >= 0.3 is 5.97 Å². The van der Waals surface area contributed by atoms with Gasteiger partial charge in [0.15, 0.2) is 6.29 Å². The van der Waals surface area contributed by atoms with Crippen molar-refractivity contribution in [1.82, 2.24) is 4.90 Å². The lowest BCUT2D eigenvalue weighted by atomic mass is 9.78. The summed E-state index contributed by atoms with van der Waals surface area (Å²) in [6, 6.07) is -0.159. The van der Waals surface area contributed by atoms with E-state index in [1.807, 2.05) is 53.6 Å². The van der Waals surface area contributed by atoms with Gasteiger partial charge in [0, 0.05) is 29.7 Å². The Hall–Kier alpha value is -1.10. The van der Waals surface area contributed by atoms with Gasteiger partial charge in [-0.1, -0.05) is 41.5 Å². The number of Topliss-reactive ketones (excluding diaryl/α,β-unsaturated/α-hetero) is 1. The Labute approximate surface area is 222 Å². The molecule has 0 radical (unpaired) electrons. The SMILES string of the molecule is CC[C@H]1OC(=O)C[C@H](O)[C@H](C)[C@@H](OC2OC(C)CC(N(C)C)C2O)[C@@H](C)C[C@@H](C)C(=O)[C@H](C)[C@@H](O)[C@H]1C. The number of ketones is 1. The van der Waals surface area contributed by atoms with E-state index in [1.54, 1.807) is 13.8 Å². The first-order valence-corrected chi connectivity index (χ1v) is 13.9. The van der Waals surface area contributed by atoms with Crippen LogP contribution in [0.25, 0.3) is 0 Å². The van der Waals surface area contributed by atoms with Crippen LogP contribution in [-0.2, 0) is 23.8 Å². The van der Waals surface area contributed by atoms with Gasteiger partial charge in [0.25, 0.3) is 0 Å². The lowest BCUT2D eigenvalue weighted by Gasteiger charge is -2.44. The quantitative estimate of drug-likeness (QED) is 0.471. The molecule has 0 aromatic heterocycles. The molecule has 0 aromatic carbocycles. The highest BCUT2D eigenvalue weighted by atomic mass is 16.7. The van der Waals surface area contributed by atoms with Gasteiger partial charge < -0.3 is 34.4 Å². The number of hydrogen-bond donors (Lipinski definition) is 3. The van der Waals surface area contributed by atoms with E-state index in [4.69, 9.17) is 14.2 Å². The van der Waals surface area contributed by atoms with Crippen molar-refractivity contribution < 1.29 is 39.1 Å². The van der Waals surface area contributed by atoms with E-state index in [-0.39, 0.29) is 36.2 Å². The zero-order chi connectivity index (χ0) is 28.2. The lowest BCUT2D eigenvalue weighted by Crippen LogP contribution is -2.56. The van der Waals surface area contributed by atoms with Crippen molar-refractivity contribution in [3.05, 3.63) is 0 Å². The molecule has 9 nitrogen and oxygen atoms in total. The van der Waals surface area contributed by atoms with Crippen LogP contribution < -0.4 is 0 Å². The molecule has 2 aliphatic heterocycles. The molecule has 2 rings (SSSR count). The Bertz CT molecular complexity index is 748. The number of aliphatic hydroxyl groups is 3. The summed E-state index contributed by atoms with van der Waals surface area (Å²) in [6.45, 7) is 12.9. The van der Waals surface area contributed by atoms with Crippen LogP contribution >= 0.6 is 0 Å². The summed E-state index contributed by atoms with van der Waals surface area (Å²) >= 11 is 0. The number of rotatable bonds is 4. The van der Waals surface area contributed by atoms with E-state index in [1.165, 1.54) is 0 Å². The molecule has 0 aromatic rings. The molecular weight excluding hydrogens is 478 g/mol. The zero-order valence-electron chi connectivity index (χ0n) is 24.2. The van der Waals surface area contributed by atoms with Crippen molar-refractivity contribution in [1.29, 1.82) is 0 Å². The van der Waals surface area contributed by atoms with Crippen LogP contribution in [0.15, 0.2) is 0 Å². The predicted octanol–water partition coefficient (Wildman–Crippen LogP) is 2.38. The summed E-state index contributed by atoms with van der Waals surface area (Å²) in [7, 11) is 3.80. The van der Waals surface area contributed by atoms with Gasteiger partial charge in [0.1, 0.15) is 18.0 Å². The maximum atomic E-state index is 13.3. The number of aliphatic hydroxyl groups excluding tert-OH is 3. The summed E-state index contributed by atoms with van der Waals surface area (Å²) in [5.74, 6) is -2.75. The fraction of sp³-hybridized carbons (Fsp3) is 0.929. The van der Waals surface area contributed by atoms with E-state index in [0.29, 0.717) is 19.3 Å². The van der Waals surface area contributed by atoms with Gasteiger partial charge in [-0.15, -0.1) is 0 Å². The number of likely N-dealkylation sites (N-methyl/N-ethyl adjacent to an activating group) is 1. The van der Waals surface area contributed by atoms with Gasteiger partial charge in [0.2, 0.25) is 0 Å². The Morgan fingerprint density at radius 2 is 1.57 bits per heavy atom. The standard InChI is InChI=1S/C28H51NO8/c1-10-22-18(6)25(33)19(7)24(32)14(2)11-15(3)27(17(5)21(30)13-23(31)36-22)37-28-26(34)20(29(8)9)12-16(4)35-28/h14-22,25-28,30,33-34H,10-13H2,1-9H3/t14-,15+,16?,17+,18+,19+,20?,21+,22-,25+,26?,27+,28?/m1/s1. The first-order chi connectivity index (χ1) is 17.2. The maximum Gasteiger partial charge on any atom is 0.308 e. The lowest BCUT2D eigenvalue weighted by molar-refractivity contribution is -0.282. The van der Waals surface area contributed by atoms with E-state index in [2.05, 4.69) is 0 Å². The topological polar surface area (TPSA) is 126 Å². The molecule has 0 aliphatic carbocycles. The molecule has 216 valence electrons. The zero-order valence-corrected chi connectivity index (χ0v) is 24.2.